The first-order chi connectivity index (χ1) is 10.9. The fourth-order valence-corrected chi connectivity index (χ4v) is 1.68. The molecule has 0 unspecified atom stereocenters. The second-order valence-electron chi connectivity index (χ2n) is 4.48. The van der Waals surface area contributed by atoms with E-state index in [1.165, 1.54) is 13.2 Å². The number of aliphatic imine (C=N–C) groups is 1. The molecule has 0 amide bonds. The lowest BCUT2D eigenvalue weighted by molar-refractivity contribution is -0.153. The highest BCUT2D eigenvalue weighted by atomic mass is 127. The van der Waals surface area contributed by atoms with Crippen LogP contribution in [-0.2, 0) is 6.54 Å². The van der Waals surface area contributed by atoms with Crippen LogP contribution in [0.4, 0.5) is 13.2 Å². The van der Waals surface area contributed by atoms with Crippen molar-refractivity contribution >= 4 is 29.9 Å². The molecule has 2 N–H and O–H groups in total. The van der Waals surface area contributed by atoms with E-state index in [0.29, 0.717) is 19.0 Å². The van der Waals surface area contributed by atoms with Gasteiger partial charge in [0.1, 0.15) is 0 Å². The minimum Gasteiger partial charge on any atom is -0.493 e. The molecular formula is C15H21F3IN3O2. The van der Waals surface area contributed by atoms with Crippen LogP contribution in [0.1, 0.15) is 5.56 Å². The second-order valence-corrected chi connectivity index (χ2v) is 4.48. The monoisotopic (exact) mass is 459 g/mol. The van der Waals surface area contributed by atoms with Gasteiger partial charge in [-0.25, -0.2) is 0 Å². The molecule has 5 nitrogen and oxygen atoms in total. The number of nitrogens with one attached hydrogen (secondary N) is 2. The Hall–Kier alpha value is -1.65. The summed E-state index contributed by atoms with van der Waals surface area (Å²) in [5.74, 6) is 0.867. The number of halogens is 4. The molecule has 0 saturated carbocycles. The minimum absolute atomic E-state index is 0. The molecule has 0 bridgehead atoms. The van der Waals surface area contributed by atoms with Crippen molar-refractivity contribution in [3.8, 4) is 11.5 Å². The number of nitrogens with zero attached hydrogens (tertiary/aromatic N) is 1. The van der Waals surface area contributed by atoms with Crippen LogP contribution in [0.3, 0.4) is 0 Å². The Labute approximate surface area is 156 Å². The fraction of sp³-hybridized carbons (Fsp3) is 0.400. The molecule has 0 fully saturated rings. The van der Waals surface area contributed by atoms with E-state index in [9.17, 15) is 13.2 Å². The Kier molecular flexibility index (Phi) is 10.2. The molecule has 1 aromatic carbocycles. The number of methoxy groups -OCH3 is 1. The maximum atomic E-state index is 12.2. The van der Waals surface area contributed by atoms with E-state index in [-0.39, 0.29) is 35.5 Å². The number of benzene rings is 1. The van der Waals surface area contributed by atoms with Crippen LogP contribution in [0.5, 0.6) is 11.5 Å². The molecule has 0 aliphatic rings. The first-order valence-electron chi connectivity index (χ1n) is 6.81. The van der Waals surface area contributed by atoms with E-state index in [1.54, 1.807) is 25.3 Å². The Morgan fingerprint density at radius 2 is 2.00 bits per heavy atom. The lowest BCUT2D eigenvalue weighted by atomic mass is 10.2. The van der Waals surface area contributed by atoms with E-state index in [1.807, 2.05) is 0 Å². The topological polar surface area (TPSA) is 54.9 Å². The first-order valence-corrected chi connectivity index (χ1v) is 6.81. The van der Waals surface area contributed by atoms with Gasteiger partial charge in [0.2, 0.25) is 0 Å². The third-order valence-electron chi connectivity index (χ3n) is 2.72. The third kappa shape index (κ3) is 8.27. The van der Waals surface area contributed by atoms with Gasteiger partial charge in [0, 0.05) is 20.1 Å². The number of ether oxygens (including phenoxy) is 2. The molecule has 0 heterocycles. The summed E-state index contributed by atoms with van der Waals surface area (Å²) in [7, 11) is 3.00. The van der Waals surface area contributed by atoms with Gasteiger partial charge < -0.3 is 20.1 Å². The Bertz CT molecular complexity index is 551. The highest BCUT2D eigenvalue weighted by Gasteiger charge is 2.29. The van der Waals surface area contributed by atoms with Gasteiger partial charge in [-0.15, -0.1) is 30.6 Å². The molecular weight excluding hydrogens is 438 g/mol. The van der Waals surface area contributed by atoms with Gasteiger partial charge in [0.05, 0.1) is 7.11 Å². The van der Waals surface area contributed by atoms with Gasteiger partial charge in [-0.3, -0.25) is 4.99 Å². The molecule has 0 aliphatic carbocycles. The minimum atomic E-state index is -4.39. The molecule has 0 aromatic heterocycles. The second kappa shape index (κ2) is 11.0. The van der Waals surface area contributed by atoms with Gasteiger partial charge in [-0.05, 0) is 17.7 Å². The molecule has 0 atom stereocenters. The van der Waals surface area contributed by atoms with Crippen LogP contribution in [0.25, 0.3) is 0 Å². The van der Waals surface area contributed by atoms with E-state index in [0.717, 1.165) is 5.56 Å². The van der Waals surface area contributed by atoms with E-state index in [2.05, 4.69) is 22.2 Å². The van der Waals surface area contributed by atoms with Crippen LogP contribution >= 0.6 is 24.0 Å². The quantitative estimate of drug-likeness (QED) is 0.285. The normalized spacial score (nSPS) is 11.3. The van der Waals surface area contributed by atoms with Crippen molar-refractivity contribution in [3.05, 3.63) is 36.4 Å². The predicted octanol–water partition coefficient (Wildman–Crippen LogP) is 3.11. The van der Waals surface area contributed by atoms with Crippen LogP contribution in [0, 0.1) is 0 Å². The van der Waals surface area contributed by atoms with E-state index >= 15 is 0 Å². The van der Waals surface area contributed by atoms with Gasteiger partial charge in [0.25, 0.3) is 0 Å². The van der Waals surface area contributed by atoms with E-state index in [4.69, 9.17) is 9.47 Å². The molecule has 9 heteroatoms. The van der Waals surface area contributed by atoms with Gasteiger partial charge in [-0.1, -0.05) is 12.1 Å². The Morgan fingerprint density at radius 1 is 1.29 bits per heavy atom. The van der Waals surface area contributed by atoms with Crippen LogP contribution in [-0.4, -0.2) is 39.4 Å². The average Bonchev–Trinajstić information content (AvgIpc) is 2.52. The SMILES string of the molecule is C=CCNC(=NC)NCc1ccc(OCC(F)(F)F)c(OC)c1.I. The highest BCUT2D eigenvalue weighted by molar-refractivity contribution is 14.0. The summed E-state index contributed by atoms with van der Waals surface area (Å²) in [6.45, 7) is 3.22. The van der Waals surface area contributed by atoms with Crippen molar-refractivity contribution in [3.63, 3.8) is 0 Å². The zero-order chi connectivity index (χ0) is 17.3. The lowest BCUT2D eigenvalue weighted by Gasteiger charge is -2.14. The van der Waals surface area contributed by atoms with Crippen LogP contribution in [0.2, 0.25) is 0 Å². The summed E-state index contributed by atoms with van der Waals surface area (Å²) >= 11 is 0. The molecule has 1 rings (SSSR count). The Balaban J connectivity index is 0.00000529. The highest BCUT2D eigenvalue weighted by Crippen LogP contribution is 2.29. The summed E-state index contributed by atoms with van der Waals surface area (Å²) in [4.78, 5) is 4.02. The summed E-state index contributed by atoms with van der Waals surface area (Å²) in [6.07, 6.45) is -2.70. The summed E-state index contributed by atoms with van der Waals surface area (Å²) < 4.78 is 46.4. The van der Waals surface area contributed by atoms with Gasteiger partial charge in [-0.2, -0.15) is 13.2 Å². The molecule has 0 aliphatic heterocycles. The zero-order valence-electron chi connectivity index (χ0n) is 13.4. The summed E-state index contributed by atoms with van der Waals surface area (Å²) in [5.41, 5.74) is 0.808. The van der Waals surface area contributed by atoms with Crippen molar-refractivity contribution in [1.82, 2.24) is 10.6 Å². The molecule has 1 aromatic rings. The van der Waals surface area contributed by atoms with Crippen molar-refractivity contribution in [2.24, 2.45) is 4.99 Å². The maximum Gasteiger partial charge on any atom is 0.422 e. The summed E-state index contributed by atoms with van der Waals surface area (Å²) in [6, 6.07) is 4.71. The van der Waals surface area contributed by atoms with Crippen LogP contribution in [0.15, 0.2) is 35.8 Å². The predicted molar refractivity (Wildman–Crippen MR) is 98.4 cm³/mol. The first kappa shape index (κ1) is 22.4. The van der Waals surface area contributed by atoms with E-state index < -0.39 is 12.8 Å². The van der Waals surface area contributed by atoms with Crippen molar-refractivity contribution in [2.45, 2.75) is 12.7 Å². The number of hydrogen-bond acceptors (Lipinski definition) is 3. The van der Waals surface area contributed by atoms with Gasteiger partial charge >= 0.3 is 6.18 Å². The molecule has 136 valence electrons. The fourth-order valence-electron chi connectivity index (χ4n) is 1.68. The standard InChI is InChI=1S/C15H20F3N3O2.HI/c1-4-7-20-14(19-2)21-9-11-5-6-12(13(8-11)22-3)23-10-15(16,17)18;/h4-6,8H,1,7,9-10H2,2-3H3,(H2,19,20,21);1H. The maximum absolute atomic E-state index is 12.2. The number of alkyl halides is 3. The average molecular weight is 459 g/mol. The molecule has 0 radical (unpaired) electrons. The van der Waals surface area contributed by atoms with Crippen molar-refractivity contribution in [2.75, 3.05) is 27.3 Å². The molecule has 0 spiro atoms. The summed E-state index contributed by atoms with van der Waals surface area (Å²) in [5, 5.41) is 6.07. The number of rotatable bonds is 7. The van der Waals surface area contributed by atoms with Crippen molar-refractivity contribution < 1.29 is 22.6 Å². The zero-order valence-corrected chi connectivity index (χ0v) is 15.8. The number of guanidine groups is 1. The third-order valence-corrected chi connectivity index (χ3v) is 2.72. The van der Waals surface area contributed by atoms with Gasteiger partial charge in [0.15, 0.2) is 24.1 Å². The van der Waals surface area contributed by atoms with Crippen molar-refractivity contribution in [1.29, 1.82) is 0 Å². The smallest absolute Gasteiger partial charge is 0.422 e. The number of hydrogen-bond donors (Lipinski definition) is 2. The molecule has 0 saturated heterocycles. The largest absolute Gasteiger partial charge is 0.493 e. The lowest BCUT2D eigenvalue weighted by Crippen LogP contribution is -2.36. The molecule has 24 heavy (non-hydrogen) atoms. The van der Waals surface area contributed by atoms with Crippen LogP contribution < -0.4 is 20.1 Å². The Morgan fingerprint density at radius 3 is 2.54 bits per heavy atom.